The van der Waals surface area contributed by atoms with Gasteiger partial charge >= 0.3 is 0 Å². The smallest absolute Gasteiger partial charge is 0.0591 e. The first-order chi connectivity index (χ1) is 6.24. The highest BCUT2D eigenvalue weighted by Gasteiger charge is 2.34. The van der Waals surface area contributed by atoms with E-state index in [0.717, 1.165) is 31.7 Å². The standard InChI is InChI=1S/C11H23NO/c1-4-10-7-11(10)12-5-6-13-8-9(2)3/h9-12H,4-8H2,1-3H3. The summed E-state index contributed by atoms with van der Waals surface area (Å²) in [6.07, 6.45) is 2.70. The predicted octanol–water partition coefficient (Wildman–Crippen LogP) is 2.05. The first-order valence-electron chi connectivity index (χ1n) is 5.55. The summed E-state index contributed by atoms with van der Waals surface area (Å²) >= 11 is 0. The average molecular weight is 185 g/mol. The Balaban J connectivity index is 1.80. The zero-order valence-corrected chi connectivity index (χ0v) is 9.18. The molecule has 1 aliphatic carbocycles. The lowest BCUT2D eigenvalue weighted by Gasteiger charge is -2.07. The van der Waals surface area contributed by atoms with Crippen LogP contribution in [0.2, 0.25) is 0 Å². The maximum Gasteiger partial charge on any atom is 0.0591 e. The lowest BCUT2D eigenvalue weighted by Crippen LogP contribution is -2.23. The van der Waals surface area contributed by atoms with Crippen LogP contribution in [0.15, 0.2) is 0 Å². The van der Waals surface area contributed by atoms with Crippen LogP contribution in [0.1, 0.15) is 33.6 Å². The van der Waals surface area contributed by atoms with Gasteiger partial charge in [-0.05, 0) is 18.3 Å². The fourth-order valence-corrected chi connectivity index (χ4v) is 1.58. The Morgan fingerprint density at radius 3 is 2.77 bits per heavy atom. The topological polar surface area (TPSA) is 21.3 Å². The molecule has 1 N–H and O–H groups in total. The van der Waals surface area contributed by atoms with Gasteiger partial charge in [0.2, 0.25) is 0 Å². The molecule has 0 saturated heterocycles. The highest BCUT2D eigenvalue weighted by molar-refractivity contribution is 4.91. The Kier molecular flexibility index (Phi) is 4.74. The maximum atomic E-state index is 5.48. The van der Waals surface area contributed by atoms with Crippen LogP contribution in [0.3, 0.4) is 0 Å². The molecule has 2 atom stereocenters. The summed E-state index contributed by atoms with van der Waals surface area (Å²) in [6, 6.07) is 0.799. The molecule has 0 amide bonds. The van der Waals surface area contributed by atoms with Crippen molar-refractivity contribution in [3.63, 3.8) is 0 Å². The van der Waals surface area contributed by atoms with Crippen LogP contribution in [-0.2, 0) is 4.74 Å². The largest absolute Gasteiger partial charge is 0.380 e. The zero-order valence-electron chi connectivity index (χ0n) is 9.18. The first-order valence-corrected chi connectivity index (χ1v) is 5.55. The van der Waals surface area contributed by atoms with Crippen molar-refractivity contribution in [2.45, 2.75) is 39.7 Å². The minimum Gasteiger partial charge on any atom is -0.380 e. The summed E-state index contributed by atoms with van der Waals surface area (Å²) in [6.45, 7) is 9.41. The SMILES string of the molecule is CCC1CC1NCCOCC(C)C. The lowest BCUT2D eigenvalue weighted by molar-refractivity contribution is 0.111. The number of hydrogen-bond donors (Lipinski definition) is 1. The molecule has 0 aromatic rings. The molecule has 1 rings (SSSR count). The van der Waals surface area contributed by atoms with Gasteiger partial charge in [0, 0.05) is 19.2 Å². The van der Waals surface area contributed by atoms with E-state index >= 15 is 0 Å². The summed E-state index contributed by atoms with van der Waals surface area (Å²) in [5.41, 5.74) is 0. The van der Waals surface area contributed by atoms with Gasteiger partial charge in [-0.3, -0.25) is 0 Å². The Hall–Kier alpha value is -0.0800. The predicted molar refractivity (Wildman–Crippen MR) is 55.8 cm³/mol. The molecule has 0 aromatic heterocycles. The fourth-order valence-electron chi connectivity index (χ4n) is 1.58. The molecule has 78 valence electrons. The van der Waals surface area contributed by atoms with Crippen molar-refractivity contribution in [2.75, 3.05) is 19.8 Å². The quantitative estimate of drug-likeness (QED) is 0.613. The number of ether oxygens (including phenoxy) is 1. The molecule has 0 heterocycles. The number of hydrogen-bond acceptors (Lipinski definition) is 2. The highest BCUT2D eigenvalue weighted by atomic mass is 16.5. The van der Waals surface area contributed by atoms with Crippen molar-refractivity contribution in [2.24, 2.45) is 11.8 Å². The monoisotopic (exact) mass is 185 g/mol. The third-order valence-corrected chi connectivity index (χ3v) is 2.55. The van der Waals surface area contributed by atoms with Crippen LogP contribution >= 0.6 is 0 Å². The minimum absolute atomic E-state index is 0.657. The lowest BCUT2D eigenvalue weighted by atomic mass is 10.2. The average Bonchev–Trinajstić information content (AvgIpc) is 2.82. The van der Waals surface area contributed by atoms with Crippen LogP contribution in [-0.4, -0.2) is 25.8 Å². The molecule has 0 radical (unpaired) electrons. The van der Waals surface area contributed by atoms with Gasteiger partial charge < -0.3 is 10.1 Å². The van der Waals surface area contributed by atoms with Gasteiger partial charge in [-0.1, -0.05) is 27.2 Å². The van der Waals surface area contributed by atoms with E-state index in [4.69, 9.17) is 4.74 Å². The van der Waals surface area contributed by atoms with E-state index in [1.807, 2.05) is 0 Å². The molecule has 0 aromatic carbocycles. The molecule has 1 aliphatic rings. The molecule has 2 heteroatoms. The summed E-state index contributed by atoms with van der Waals surface area (Å²) in [5.74, 6) is 1.61. The normalized spacial score (nSPS) is 26.8. The molecule has 13 heavy (non-hydrogen) atoms. The molecule has 2 nitrogen and oxygen atoms in total. The summed E-state index contributed by atoms with van der Waals surface area (Å²) in [5, 5.41) is 3.51. The molecule has 2 unspecified atom stereocenters. The Labute approximate surface area is 82.0 Å². The van der Waals surface area contributed by atoms with E-state index in [1.165, 1.54) is 12.8 Å². The second kappa shape index (κ2) is 5.61. The van der Waals surface area contributed by atoms with Crippen LogP contribution in [0.5, 0.6) is 0 Å². The summed E-state index contributed by atoms with van der Waals surface area (Å²) < 4.78 is 5.48. The van der Waals surface area contributed by atoms with E-state index in [1.54, 1.807) is 0 Å². The van der Waals surface area contributed by atoms with Gasteiger partial charge in [0.1, 0.15) is 0 Å². The van der Waals surface area contributed by atoms with Crippen molar-refractivity contribution in [3.05, 3.63) is 0 Å². The minimum atomic E-state index is 0.657. The van der Waals surface area contributed by atoms with Crippen molar-refractivity contribution < 1.29 is 4.74 Å². The second-order valence-electron chi connectivity index (χ2n) is 4.43. The fraction of sp³-hybridized carbons (Fsp3) is 1.00. The molecular weight excluding hydrogens is 162 g/mol. The number of nitrogens with one attached hydrogen (secondary N) is 1. The van der Waals surface area contributed by atoms with Gasteiger partial charge in [-0.2, -0.15) is 0 Å². The second-order valence-corrected chi connectivity index (χ2v) is 4.43. The van der Waals surface area contributed by atoms with Gasteiger partial charge in [0.05, 0.1) is 6.61 Å². The molecular formula is C11H23NO. The van der Waals surface area contributed by atoms with Gasteiger partial charge in [0.25, 0.3) is 0 Å². The van der Waals surface area contributed by atoms with E-state index < -0.39 is 0 Å². The van der Waals surface area contributed by atoms with Gasteiger partial charge in [-0.15, -0.1) is 0 Å². The third-order valence-electron chi connectivity index (χ3n) is 2.55. The van der Waals surface area contributed by atoms with Crippen LogP contribution in [0, 0.1) is 11.8 Å². The van der Waals surface area contributed by atoms with Crippen molar-refractivity contribution in [1.82, 2.24) is 5.32 Å². The van der Waals surface area contributed by atoms with Crippen molar-refractivity contribution in [1.29, 1.82) is 0 Å². The molecule has 0 aliphatic heterocycles. The molecule has 0 bridgehead atoms. The third kappa shape index (κ3) is 4.63. The Morgan fingerprint density at radius 2 is 2.23 bits per heavy atom. The van der Waals surface area contributed by atoms with Crippen LogP contribution in [0.4, 0.5) is 0 Å². The van der Waals surface area contributed by atoms with Gasteiger partial charge in [0.15, 0.2) is 0 Å². The van der Waals surface area contributed by atoms with Crippen molar-refractivity contribution in [3.8, 4) is 0 Å². The van der Waals surface area contributed by atoms with E-state index in [-0.39, 0.29) is 0 Å². The number of rotatable bonds is 7. The van der Waals surface area contributed by atoms with Crippen molar-refractivity contribution >= 4 is 0 Å². The molecule has 1 saturated carbocycles. The Morgan fingerprint density at radius 1 is 1.46 bits per heavy atom. The summed E-state index contributed by atoms with van der Waals surface area (Å²) in [4.78, 5) is 0. The highest BCUT2D eigenvalue weighted by Crippen LogP contribution is 2.32. The first kappa shape index (κ1) is 11.0. The van der Waals surface area contributed by atoms with E-state index in [9.17, 15) is 0 Å². The molecule has 1 fully saturated rings. The zero-order chi connectivity index (χ0) is 9.68. The van der Waals surface area contributed by atoms with Gasteiger partial charge in [-0.25, -0.2) is 0 Å². The van der Waals surface area contributed by atoms with E-state index in [0.29, 0.717) is 5.92 Å². The Bertz CT molecular complexity index is 136. The van der Waals surface area contributed by atoms with E-state index in [2.05, 4.69) is 26.1 Å². The van der Waals surface area contributed by atoms with Crippen LogP contribution < -0.4 is 5.32 Å². The maximum absolute atomic E-state index is 5.48. The molecule has 0 spiro atoms. The van der Waals surface area contributed by atoms with Crippen LogP contribution in [0.25, 0.3) is 0 Å². The summed E-state index contributed by atoms with van der Waals surface area (Å²) in [7, 11) is 0.